The highest BCUT2D eigenvalue weighted by atomic mass is 35.5. The molecule has 4 rings (SSSR count). The Kier molecular flexibility index (Phi) is 8.38. The Balaban J connectivity index is 0.00000289. The van der Waals surface area contributed by atoms with Crippen LogP contribution in [0.15, 0.2) is 72.8 Å². The molecule has 4 heteroatoms. The van der Waals surface area contributed by atoms with Crippen molar-refractivity contribution in [1.82, 2.24) is 4.90 Å². The first-order valence-corrected chi connectivity index (χ1v) is 11.1. The fraction of sp³-hybridized carbons (Fsp3) is 0.286. The third-order valence-corrected chi connectivity index (χ3v) is 6.09. The van der Waals surface area contributed by atoms with Crippen LogP contribution in [0.4, 0.5) is 0 Å². The summed E-state index contributed by atoms with van der Waals surface area (Å²) in [5, 5.41) is 0. The maximum absolute atomic E-state index is 6.00. The van der Waals surface area contributed by atoms with E-state index in [0.29, 0.717) is 6.61 Å². The molecule has 0 saturated heterocycles. The van der Waals surface area contributed by atoms with E-state index in [0.717, 1.165) is 37.6 Å². The summed E-state index contributed by atoms with van der Waals surface area (Å²) in [6, 6.07) is 25.6. The fourth-order valence-corrected chi connectivity index (χ4v) is 4.28. The van der Waals surface area contributed by atoms with E-state index in [2.05, 4.69) is 91.5 Å². The summed E-state index contributed by atoms with van der Waals surface area (Å²) in [6.45, 7) is 8.13. The fourth-order valence-electron chi connectivity index (χ4n) is 4.28. The molecule has 0 aliphatic heterocycles. The Morgan fingerprint density at radius 1 is 0.812 bits per heavy atom. The summed E-state index contributed by atoms with van der Waals surface area (Å²) in [5.41, 5.74) is 7.73. The number of fused-ring (bicyclic) bond motifs is 1. The van der Waals surface area contributed by atoms with Crippen molar-refractivity contribution >= 4 is 23.6 Å². The quantitative estimate of drug-likeness (QED) is 0.379. The largest absolute Gasteiger partial charge is 0.497 e. The molecule has 0 unspecified atom stereocenters. The highest BCUT2D eigenvalue weighted by Gasteiger charge is 2.24. The molecule has 3 nitrogen and oxygen atoms in total. The molecule has 3 aromatic rings. The van der Waals surface area contributed by atoms with Gasteiger partial charge in [-0.1, -0.05) is 62.4 Å². The molecule has 1 aliphatic carbocycles. The van der Waals surface area contributed by atoms with Gasteiger partial charge >= 0.3 is 0 Å². The van der Waals surface area contributed by atoms with E-state index >= 15 is 0 Å². The maximum atomic E-state index is 6.00. The third kappa shape index (κ3) is 5.17. The van der Waals surface area contributed by atoms with Crippen molar-refractivity contribution in [3.8, 4) is 11.5 Å². The summed E-state index contributed by atoms with van der Waals surface area (Å²) in [4.78, 5) is 2.37. The molecule has 3 aromatic carbocycles. The van der Waals surface area contributed by atoms with Crippen LogP contribution in [0.25, 0.3) is 11.1 Å². The number of nitrogens with zero attached hydrogens (tertiary/aromatic N) is 1. The molecule has 32 heavy (non-hydrogen) atoms. The lowest BCUT2D eigenvalue weighted by Gasteiger charge is -2.18. The second kappa shape index (κ2) is 11.2. The predicted octanol–water partition coefficient (Wildman–Crippen LogP) is 6.35. The molecule has 168 valence electrons. The van der Waals surface area contributed by atoms with Gasteiger partial charge in [0.25, 0.3) is 0 Å². The number of hydrogen-bond acceptors (Lipinski definition) is 3. The van der Waals surface area contributed by atoms with E-state index in [9.17, 15) is 0 Å². The highest BCUT2D eigenvalue weighted by Crippen LogP contribution is 2.43. The summed E-state index contributed by atoms with van der Waals surface area (Å²) >= 11 is 0. The summed E-state index contributed by atoms with van der Waals surface area (Å²) < 4.78 is 11.5. The molecule has 1 aliphatic rings. The van der Waals surface area contributed by atoms with Crippen molar-refractivity contribution in [3.63, 3.8) is 0 Å². The number of hydrogen-bond donors (Lipinski definition) is 0. The molecule has 0 fully saturated rings. The number of rotatable bonds is 9. The average Bonchev–Trinajstić information content (AvgIpc) is 3.21. The number of halogens is 1. The molecule has 0 N–H and O–H groups in total. The van der Waals surface area contributed by atoms with Crippen LogP contribution in [0.5, 0.6) is 11.5 Å². The average molecular weight is 450 g/mol. The van der Waals surface area contributed by atoms with Crippen LogP contribution >= 0.6 is 12.4 Å². The first-order valence-electron chi connectivity index (χ1n) is 11.1. The zero-order chi connectivity index (χ0) is 21.6. The van der Waals surface area contributed by atoms with Crippen LogP contribution in [0.1, 0.15) is 36.1 Å². The topological polar surface area (TPSA) is 21.7 Å². The highest BCUT2D eigenvalue weighted by molar-refractivity contribution is 6.04. The molecular weight excluding hydrogens is 418 g/mol. The van der Waals surface area contributed by atoms with E-state index in [1.165, 1.54) is 33.4 Å². The van der Waals surface area contributed by atoms with Gasteiger partial charge in [-0.2, -0.15) is 0 Å². The number of benzene rings is 3. The first kappa shape index (κ1) is 23.9. The second-order valence-corrected chi connectivity index (χ2v) is 7.82. The maximum Gasteiger partial charge on any atom is 0.119 e. The van der Waals surface area contributed by atoms with Crippen molar-refractivity contribution in [2.75, 3.05) is 33.4 Å². The molecule has 0 radical (unpaired) electrons. The summed E-state index contributed by atoms with van der Waals surface area (Å²) in [6.07, 6.45) is 0.931. The zero-order valence-electron chi connectivity index (χ0n) is 19.1. The minimum absolute atomic E-state index is 0. The van der Waals surface area contributed by atoms with Crippen molar-refractivity contribution in [2.45, 2.75) is 20.3 Å². The number of likely N-dealkylation sites (N-methyl/N-ethyl adjacent to an activating group) is 1. The zero-order valence-corrected chi connectivity index (χ0v) is 20.0. The van der Waals surface area contributed by atoms with Crippen LogP contribution in [0.3, 0.4) is 0 Å². The van der Waals surface area contributed by atoms with E-state index in [1.807, 2.05) is 0 Å². The Hall–Kier alpha value is -2.75. The second-order valence-electron chi connectivity index (χ2n) is 7.82. The standard InChI is InChI=1S/C28H31NO2.ClH/c1-4-29(5-2)17-18-31-24-14-11-22(12-15-24)28-26(21-9-7-6-8-10-21)19-23-13-16-25(30-3)20-27(23)28;/h6-16,20H,4-5,17-19H2,1-3H3;1H. The smallest absolute Gasteiger partial charge is 0.119 e. The monoisotopic (exact) mass is 449 g/mol. The van der Waals surface area contributed by atoms with Crippen LogP contribution in [0.2, 0.25) is 0 Å². The minimum Gasteiger partial charge on any atom is -0.497 e. The van der Waals surface area contributed by atoms with Crippen LogP contribution in [-0.4, -0.2) is 38.3 Å². The SMILES string of the molecule is CCN(CC)CCOc1ccc(C2=C(c3ccccc3)Cc3ccc(OC)cc32)cc1.Cl. The number of ether oxygens (including phenoxy) is 2. The van der Waals surface area contributed by atoms with Crippen molar-refractivity contribution in [2.24, 2.45) is 0 Å². The summed E-state index contributed by atoms with van der Waals surface area (Å²) in [5.74, 6) is 1.81. The lowest BCUT2D eigenvalue weighted by atomic mass is 9.94. The van der Waals surface area contributed by atoms with Gasteiger partial charge in [0.2, 0.25) is 0 Å². The predicted molar refractivity (Wildman–Crippen MR) is 136 cm³/mol. The lowest BCUT2D eigenvalue weighted by molar-refractivity contribution is 0.223. The molecule has 0 bridgehead atoms. The Labute approximate surface area is 198 Å². The van der Waals surface area contributed by atoms with Gasteiger partial charge in [0.15, 0.2) is 0 Å². The van der Waals surface area contributed by atoms with Crippen molar-refractivity contribution in [3.05, 3.63) is 95.1 Å². The normalized spacial score (nSPS) is 12.5. The Bertz CT molecular complexity index is 1040. The van der Waals surface area contributed by atoms with Crippen LogP contribution in [0, 0.1) is 0 Å². The van der Waals surface area contributed by atoms with Gasteiger partial charge in [0.1, 0.15) is 18.1 Å². The molecular formula is C28H32ClNO2. The molecule has 0 saturated carbocycles. The minimum atomic E-state index is 0. The van der Waals surface area contributed by atoms with Crippen LogP contribution < -0.4 is 9.47 Å². The van der Waals surface area contributed by atoms with Gasteiger partial charge in [-0.15, -0.1) is 12.4 Å². The number of methoxy groups -OCH3 is 1. The van der Waals surface area contributed by atoms with Crippen molar-refractivity contribution < 1.29 is 9.47 Å². The summed E-state index contributed by atoms with van der Waals surface area (Å²) in [7, 11) is 1.72. The van der Waals surface area contributed by atoms with Crippen LogP contribution in [-0.2, 0) is 6.42 Å². The molecule has 0 spiro atoms. The van der Waals surface area contributed by atoms with E-state index in [1.54, 1.807) is 7.11 Å². The van der Waals surface area contributed by atoms with Gasteiger partial charge in [-0.05, 0) is 77.2 Å². The van der Waals surface area contributed by atoms with Gasteiger partial charge in [0.05, 0.1) is 7.11 Å². The van der Waals surface area contributed by atoms with E-state index in [-0.39, 0.29) is 12.4 Å². The molecule has 0 amide bonds. The first-order chi connectivity index (χ1) is 15.2. The lowest BCUT2D eigenvalue weighted by Crippen LogP contribution is -2.27. The number of allylic oxidation sites excluding steroid dienone is 1. The Morgan fingerprint density at radius 2 is 1.50 bits per heavy atom. The molecule has 0 heterocycles. The molecule has 0 aromatic heterocycles. The van der Waals surface area contributed by atoms with Crippen molar-refractivity contribution in [1.29, 1.82) is 0 Å². The van der Waals surface area contributed by atoms with Gasteiger partial charge in [-0.3, -0.25) is 0 Å². The third-order valence-electron chi connectivity index (χ3n) is 6.09. The van der Waals surface area contributed by atoms with Gasteiger partial charge in [0, 0.05) is 6.54 Å². The van der Waals surface area contributed by atoms with Gasteiger partial charge < -0.3 is 14.4 Å². The molecule has 0 atom stereocenters. The van der Waals surface area contributed by atoms with E-state index in [4.69, 9.17) is 9.47 Å². The van der Waals surface area contributed by atoms with Gasteiger partial charge in [-0.25, -0.2) is 0 Å². The Morgan fingerprint density at radius 3 is 2.16 bits per heavy atom. The van der Waals surface area contributed by atoms with E-state index < -0.39 is 0 Å².